The number of nitrogens with one attached hydrogen (secondary N) is 1. The average molecular weight is 603 g/mol. The van der Waals surface area contributed by atoms with Crippen LogP contribution in [0.2, 0.25) is 5.02 Å². The topological polar surface area (TPSA) is 103 Å². The highest BCUT2D eigenvalue weighted by Crippen LogP contribution is 2.43. The second kappa shape index (κ2) is 14.2. The maximum atomic E-state index is 13.9. The van der Waals surface area contributed by atoms with E-state index in [2.05, 4.69) is 5.32 Å². The maximum Gasteiger partial charge on any atom is 0.407 e. The third-order valence-corrected chi connectivity index (χ3v) is 6.38. The smallest absolute Gasteiger partial charge is 0.407 e. The first-order chi connectivity index (χ1) is 19.7. The van der Waals surface area contributed by atoms with Crippen molar-refractivity contribution < 1.29 is 33.3 Å². The van der Waals surface area contributed by atoms with Gasteiger partial charge in [-0.2, -0.15) is 0 Å². The number of nitrogens with zero attached hydrogens (tertiary/aromatic N) is 1. The number of ether oxygens (including phenoxy) is 4. The number of anilines is 1. The highest BCUT2D eigenvalue weighted by molar-refractivity contribution is 6.30. The lowest BCUT2D eigenvalue weighted by atomic mass is 9.94. The van der Waals surface area contributed by atoms with Crippen LogP contribution in [0.15, 0.2) is 42.5 Å². The molecule has 0 aliphatic carbocycles. The molecule has 2 aromatic rings. The molecular weight excluding hydrogens is 560 g/mol. The second-order valence-corrected chi connectivity index (χ2v) is 12.8. The van der Waals surface area contributed by atoms with Gasteiger partial charge >= 0.3 is 12.1 Å². The molecule has 9 nitrogen and oxygen atoms in total. The summed E-state index contributed by atoms with van der Waals surface area (Å²) in [6.45, 7) is 14.5. The van der Waals surface area contributed by atoms with Crippen molar-refractivity contribution in [3.05, 3.63) is 58.6 Å². The number of halogens is 1. The Morgan fingerprint density at radius 1 is 1.05 bits per heavy atom. The average Bonchev–Trinajstić information content (AvgIpc) is 2.97. The van der Waals surface area contributed by atoms with Crippen LogP contribution in [0.25, 0.3) is 0 Å². The predicted octanol–water partition coefficient (Wildman–Crippen LogP) is 6.45. The van der Waals surface area contributed by atoms with E-state index in [-0.39, 0.29) is 24.3 Å². The van der Waals surface area contributed by atoms with Gasteiger partial charge in [-0.05, 0) is 63.8 Å². The molecule has 0 saturated carbocycles. The Labute approximate surface area is 253 Å². The maximum absolute atomic E-state index is 13.9. The molecule has 0 fully saturated rings. The molecule has 2 atom stereocenters. The molecule has 0 aromatic heterocycles. The van der Waals surface area contributed by atoms with E-state index in [1.54, 1.807) is 44.7 Å². The number of esters is 1. The first-order valence-corrected chi connectivity index (χ1v) is 14.7. The van der Waals surface area contributed by atoms with Crippen LogP contribution >= 0.6 is 11.6 Å². The zero-order valence-corrected chi connectivity index (χ0v) is 26.4. The molecule has 42 heavy (non-hydrogen) atoms. The van der Waals surface area contributed by atoms with Gasteiger partial charge in [0, 0.05) is 34.9 Å². The standard InChI is InChI=1S/C32H43ClN2O7/c1-8-39-27(36)19-26-29(37)35(20-31(2,3)4)24-15-14-21(33)18-23(24)28(41-26)22-12-9-10-13-25(22)40-17-11-16-34-30(38)42-32(5,6)7/h9-10,12-15,18,26,28H,8,11,16-17,19-20H2,1-7H3,(H,34,38). The first kappa shape index (κ1) is 33.2. The minimum Gasteiger partial charge on any atom is -0.493 e. The largest absolute Gasteiger partial charge is 0.493 e. The van der Waals surface area contributed by atoms with Crippen molar-refractivity contribution in [2.45, 2.75) is 79.1 Å². The molecule has 10 heteroatoms. The van der Waals surface area contributed by atoms with E-state index < -0.39 is 29.9 Å². The third-order valence-electron chi connectivity index (χ3n) is 6.14. The summed E-state index contributed by atoms with van der Waals surface area (Å²) in [7, 11) is 0. The summed E-state index contributed by atoms with van der Waals surface area (Å²) < 4.78 is 23.1. The normalized spacial score (nSPS) is 17.2. The van der Waals surface area contributed by atoms with Gasteiger partial charge < -0.3 is 29.2 Å². The summed E-state index contributed by atoms with van der Waals surface area (Å²) in [6, 6.07) is 12.8. The van der Waals surface area contributed by atoms with Gasteiger partial charge in [0.15, 0.2) is 0 Å². The monoisotopic (exact) mass is 602 g/mol. The number of amides is 2. The number of fused-ring (bicyclic) bond motifs is 1. The Balaban J connectivity index is 1.93. The van der Waals surface area contributed by atoms with E-state index in [4.69, 9.17) is 30.5 Å². The van der Waals surface area contributed by atoms with Gasteiger partial charge in [-0.3, -0.25) is 9.59 Å². The van der Waals surface area contributed by atoms with E-state index in [0.29, 0.717) is 53.7 Å². The van der Waals surface area contributed by atoms with Crippen LogP contribution < -0.4 is 15.0 Å². The van der Waals surface area contributed by atoms with Crippen LogP contribution in [0.3, 0.4) is 0 Å². The molecule has 2 amide bonds. The zero-order chi connectivity index (χ0) is 31.1. The SMILES string of the molecule is CCOC(=O)CC1OC(c2ccccc2OCCCNC(=O)OC(C)(C)C)c2cc(Cl)ccc2N(CC(C)(C)C)C1=O. The number of rotatable bonds is 10. The Bertz CT molecular complexity index is 1250. The fourth-order valence-corrected chi connectivity index (χ4v) is 4.72. The molecule has 1 aliphatic rings. The molecule has 0 spiro atoms. The Morgan fingerprint density at radius 2 is 1.76 bits per heavy atom. The number of carbonyl (C=O) groups excluding carboxylic acids is 3. The fourth-order valence-electron chi connectivity index (χ4n) is 4.54. The number of para-hydroxylation sites is 1. The minimum absolute atomic E-state index is 0.199. The predicted molar refractivity (Wildman–Crippen MR) is 162 cm³/mol. The first-order valence-electron chi connectivity index (χ1n) is 14.3. The molecule has 3 rings (SSSR count). The Hall–Kier alpha value is -3.30. The molecule has 1 heterocycles. The lowest BCUT2D eigenvalue weighted by molar-refractivity contribution is -0.151. The molecule has 2 unspecified atom stereocenters. The Kier molecular flexibility index (Phi) is 11.3. The van der Waals surface area contributed by atoms with Crippen LogP contribution in [0, 0.1) is 5.41 Å². The van der Waals surface area contributed by atoms with E-state index in [1.807, 2.05) is 51.1 Å². The minimum atomic E-state index is -1.09. The Morgan fingerprint density at radius 3 is 2.43 bits per heavy atom. The van der Waals surface area contributed by atoms with Gasteiger partial charge in [0.25, 0.3) is 5.91 Å². The lowest BCUT2D eigenvalue weighted by Gasteiger charge is -2.31. The van der Waals surface area contributed by atoms with Gasteiger partial charge in [0.1, 0.15) is 23.6 Å². The lowest BCUT2D eigenvalue weighted by Crippen LogP contribution is -2.44. The van der Waals surface area contributed by atoms with E-state index >= 15 is 0 Å². The van der Waals surface area contributed by atoms with Gasteiger partial charge in [-0.25, -0.2) is 4.79 Å². The van der Waals surface area contributed by atoms with Crippen LogP contribution in [0.4, 0.5) is 10.5 Å². The van der Waals surface area contributed by atoms with Gasteiger partial charge in [-0.1, -0.05) is 50.6 Å². The van der Waals surface area contributed by atoms with Crippen molar-refractivity contribution in [3.63, 3.8) is 0 Å². The van der Waals surface area contributed by atoms with Crippen molar-refractivity contribution in [3.8, 4) is 5.75 Å². The van der Waals surface area contributed by atoms with Crippen molar-refractivity contribution in [2.75, 3.05) is 31.2 Å². The number of alkyl carbamates (subject to hydrolysis) is 1. The third kappa shape index (κ3) is 9.63. The molecule has 1 aliphatic heterocycles. The van der Waals surface area contributed by atoms with Crippen molar-refractivity contribution in [2.24, 2.45) is 5.41 Å². The van der Waals surface area contributed by atoms with E-state index in [1.165, 1.54) is 0 Å². The molecule has 0 bridgehead atoms. The molecule has 0 saturated heterocycles. The van der Waals surface area contributed by atoms with Gasteiger partial charge in [0.05, 0.1) is 19.6 Å². The summed E-state index contributed by atoms with van der Waals surface area (Å²) in [5.74, 6) is -0.288. The summed E-state index contributed by atoms with van der Waals surface area (Å²) in [4.78, 5) is 40.1. The molecule has 2 aromatic carbocycles. The van der Waals surface area contributed by atoms with Crippen LogP contribution in [0.1, 0.15) is 78.5 Å². The van der Waals surface area contributed by atoms with Crippen LogP contribution in [0.5, 0.6) is 5.75 Å². The van der Waals surface area contributed by atoms with Gasteiger partial charge in [-0.15, -0.1) is 0 Å². The molecular formula is C32H43ClN2O7. The van der Waals surface area contributed by atoms with E-state index in [9.17, 15) is 14.4 Å². The highest BCUT2D eigenvalue weighted by atomic mass is 35.5. The number of hydrogen-bond acceptors (Lipinski definition) is 7. The van der Waals surface area contributed by atoms with Gasteiger partial charge in [0.2, 0.25) is 0 Å². The van der Waals surface area contributed by atoms with Crippen LogP contribution in [-0.2, 0) is 23.8 Å². The van der Waals surface area contributed by atoms with Crippen molar-refractivity contribution >= 4 is 35.3 Å². The van der Waals surface area contributed by atoms with Crippen molar-refractivity contribution in [1.29, 1.82) is 0 Å². The summed E-state index contributed by atoms with van der Waals surface area (Å²) in [5, 5.41) is 3.21. The van der Waals surface area contributed by atoms with Crippen molar-refractivity contribution in [1.82, 2.24) is 5.32 Å². The molecule has 1 N–H and O–H groups in total. The zero-order valence-electron chi connectivity index (χ0n) is 25.6. The number of benzene rings is 2. The second-order valence-electron chi connectivity index (χ2n) is 12.4. The highest BCUT2D eigenvalue weighted by Gasteiger charge is 2.40. The summed E-state index contributed by atoms with van der Waals surface area (Å²) in [6.07, 6.45) is -2.03. The molecule has 230 valence electrons. The van der Waals surface area contributed by atoms with Crippen LogP contribution in [-0.4, -0.2) is 56.0 Å². The quantitative estimate of drug-likeness (QED) is 0.246. The summed E-state index contributed by atoms with van der Waals surface area (Å²) >= 11 is 6.48. The summed E-state index contributed by atoms with van der Waals surface area (Å²) in [5.41, 5.74) is 1.21. The number of hydrogen-bond donors (Lipinski definition) is 1. The van der Waals surface area contributed by atoms with E-state index in [0.717, 1.165) is 0 Å². The fraction of sp³-hybridized carbons (Fsp3) is 0.531. The number of carbonyl (C=O) groups is 3. The molecule has 0 radical (unpaired) electrons.